The number of para-hydroxylation sites is 2. The smallest absolute Gasteiger partial charge is 0.143 e. The molecule has 0 N–H and O–H groups in total. The largest absolute Gasteiger partial charge is 0.455 e. The van der Waals surface area contributed by atoms with E-state index in [2.05, 4.69) is 121 Å². The van der Waals surface area contributed by atoms with Gasteiger partial charge >= 0.3 is 0 Å². The molecular weight excluding hydrogens is 448 g/mol. The van der Waals surface area contributed by atoms with E-state index >= 15 is 0 Å². The van der Waals surface area contributed by atoms with Crippen LogP contribution in [-0.2, 0) is 0 Å². The van der Waals surface area contributed by atoms with Crippen LogP contribution in [0, 0.1) is 0 Å². The second kappa shape index (κ2) is 7.81. The first-order valence-electron chi connectivity index (χ1n) is 12.7. The van der Waals surface area contributed by atoms with Gasteiger partial charge in [-0.2, -0.15) is 0 Å². The molecule has 1 heterocycles. The van der Waals surface area contributed by atoms with Gasteiger partial charge in [0.25, 0.3) is 0 Å². The molecule has 172 valence electrons. The Morgan fingerprint density at radius 2 is 0.838 bits per heavy atom. The molecule has 0 atom stereocenters. The Morgan fingerprint density at radius 3 is 1.57 bits per heavy atom. The van der Waals surface area contributed by atoms with Gasteiger partial charge in [0, 0.05) is 16.3 Å². The average Bonchev–Trinajstić information content (AvgIpc) is 3.36. The molecule has 8 rings (SSSR count). The number of rotatable bonds is 2. The van der Waals surface area contributed by atoms with E-state index in [0.717, 1.165) is 27.5 Å². The standard InChI is InChI=1S/C36H22O/c1-2-11-25(32-17-9-18-33-31-16-7-8-19-35(31)37-36(32)33)24(10-1)23-20-21-30-28-14-4-3-12-26(28)27-13-5-6-15-29(27)34(30)22-23/h1-22H. The van der Waals surface area contributed by atoms with Gasteiger partial charge in [0.2, 0.25) is 0 Å². The number of hydrogen-bond acceptors (Lipinski definition) is 1. The lowest BCUT2D eigenvalue weighted by Gasteiger charge is -2.14. The van der Waals surface area contributed by atoms with Crippen LogP contribution in [0.5, 0.6) is 0 Å². The maximum Gasteiger partial charge on any atom is 0.143 e. The van der Waals surface area contributed by atoms with Crippen LogP contribution in [0.4, 0.5) is 0 Å². The Hall–Kier alpha value is -4.88. The molecule has 37 heavy (non-hydrogen) atoms. The van der Waals surface area contributed by atoms with Crippen molar-refractivity contribution in [2.75, 3.05) is 0 Å². The SMILES string of the molecule is c1ccc(-c2cccc3c2oc2ccccc23)c(-c2ccc3c4ccccc4c4ccccc4c3c2)c1. The molecule has 7 aromatic carbocycles. The van der Waals surface area contributed by atoms with Crippen molar-refractivity contribution in [2.24, 2.45) is 0 Å². The van der Waals surface area contributed by atoms with Gasteiger partial charge in [0.1, 0.15) is 11.2 Å². The van der Waals surface area contributed by atoms with Gasteiger partial charge in [-0.1, -0.05) is 121 Å². The highest BCUT2D eigenvalue weighted by atomic mass is 16.3. The third kappa shape index (κ3) is 2.98. The van der Waals surface area contributed by atoms with Gasteiger partial charge in [-0.05, 0) is 61.1 Å². The maximum absolute atomic E-state index is 6.40. The first-order chi connectivity index (χ1) is 18.4. The zero-order valence-corrected chi connectivity index (χ0v) is 20.1. The summed E-state index contributed by atoms with van der Waals surface area (Å²) < 4.78 is 6.40. The van der Waals surface area contributed by atoms with Crippen LogP contribution >= 0.6 is 0 Å². The van der Waals surface area contributed by atoms with Crippen LogP contribution in [0.25, 0.3) is 76.5 Å². The van der Waals surface area contributed by atoms with Crippen LogP contribution in [0.2, 0.25) is 0 Å². The Labute approximate surface area is 214 Å². The fraction of sp³-hybridized carbons (Fsp3) is 0. The van der Waals surface area contributed by atoms with Crippen molar-refractivity contribution in [3.63, 3.8) is 0 Å². The summed E-state index contributed by atoms with van der Waals surface area (Å²) >= 11 is 0. The van der Waals surface area contributed by atoms with E-state index < -0.39 is 0 Å². The molecule has 1 heteroatoms. The zero-order valence-electron chi connectivity index (χ0n) is 20.1. The molecule has 0 saturated carbocycles. The minimum absolute atomic E-state index is 0.923. The first kappa shape index (κ1) is 20.3. The zero-order chi connectivity index (χ0) is 24.3. The summed E-state index contributed by atoms with van der Waals surface area (Å²) in [5, 5.41) is 10.1. The molecule has 0 radical (unpaired) electrons. The minimum Gasteiger partial charge on any atom is -0.455 e. The number of benzene rings is 7. The fourth-order valence-corrected chi connectivity index (χ4v) is 6.00. The van der Waals surface area contributed by atoms with E-state index in [-0.39, 0.29) is 0 Å². The molecule has 0 aliphatic rings. The van der Waals surface area contributed by atoms with Crippen LogP contribution in [0.15, 0.2) is 138 Å². The predicted molar refractivity (Wildman–Crippen MR) is 157 cm³/mol. The van der Waals surface area contributed by atoms with Crippen molar-refractivity contribution in [1.29, 1.82) is 0 Å². The van der Waals surface area contributed by atoms with Crippen molar-refractivity contribution in [3.8, 4) is 22.3 Å². The third-order valence-corrected chi connectivity index (χ3v) is 7.68. The molecule has 1 nitrogen and oxygen atoms in total. The van der Waals surface area contributed by atoms with Crippen LogP contribution in [0.3, 0.4) is 0 Å². The van der Waals surface area contributed by atoms with E-state index in [1.165, 1.54) is 49.0 Å². The van der Waals surface area contributed by atoms with Gasteiger partial charge in [-0.15, -0.1) is 0 Å². The summed E-state index contributed by atoms with van der Waals surface area (Å²) in [6.07, 6.45) is 0. The highest BCUT2D eigenvalue weighted by molar-refractivity contribution is 6.25. The normalized spacial score (nSPS) is 11.8. The molecule has 0 fully saturated rings. The highest BCUT2D eigenvalue weighted by Crippen LogP contribution is 2.42. The van der Waals surface area contributed by atoms with Gasteiger partial charge in [-0.3, -0.25) is 0 Å². The monoisotopic (exact) mass is 470 g/mol. The molecule has 0 saturated heterocycles. The second-order valence-corrected chi connectivity index (χ2v) is 9.68. The molecule has 0 spiro atoms. The summed E-state index contributed by atoms with van der Waals surface area (Å²) in [6.45, 7) is 0. The van der Waals surface area contributed by atoms with E-state index in [1.807, 2.05) is 12.1 Å². The maximum atomic E-state index is 6.40. The lowest BCUT2D eigenvalue weighted by atomic mass is 9.89. The van der Waals surface area contributed by atoms with Crippen molar-refractivity contribution < 1.29 is 4.42 Å². The molecule has 0 aliphatic carbocycles. The minimum atomic E-state index is 0.923. The van der Waals surface area contributed by atoms with Crippen molar-refractivity contribution >= 4 is 54.3 Å². The summed E-state index contributed by atoms with van der Waals surface area (Å²) in [4.78, 5) is 0. The average molecular weight is 471 g/mol. The molecule has 8 aromatic rings. The molecule has 0 aliphatic heterocycles. The summed E-state index contributed by atoms with van der Waals surface area (Å²) in [5.74, 6) is 0. The summed E-state index contributed by atoms with van der Waals surface area (Å²) in [7, 11) is 0. The van der Waals surface area contributed by atoms with Crippen LogP contribution in [-0.4, -0.2) is 0 Å². The Balaban J connectivity index is 1.42. The molecule has 0 bridgehead atoms. The van der Waals surface area contributed by atoms with Gasteiger partial charge in [0.15, 0.2) is 0 Å². The Kier molecular flexibility index (Phi) is 4.29. The molecule has 0 amide bonds. The summed E-state index contributed by atoms with van der Waals surface area (Å²) in [5.41, 5.74) is 6.57. The summed E-state index contributed by atoms with van der Waals surface area (Å²) in [6, 6.07) is 47.8. The van der Waals surface area contributed by atoms with E-state index in [0.29, 0.717) is 0 Å². The topological polar surface area (TPSA) is 13.1 Å². The number of furan rings is 1. The second-order valence-electron chi connectivity index (χ2n) is 9.68. The lowest BCUT2D eigenvalue weighted by molar-refractivity contribution is 0.670. The number of hydrogen-bond donors (Lipinski definition) is 0. The van der Waals surface area contributed by atoms with Crippen LogP contribution < -0.4 is 0 Å². The molecular formula is C36H22O. The van der Waals surface area contributed by atoms with E-state index in [9.17, 15) is 0 Å². The lowest BCUT2D eigenvalue weighted by Crippen LogP contribution is -1.88. The third-order valence-electron chi connectivity index (χ3n) is 7.68. The fourth-order valence-electron chi connectivity index (χ4n) is 6.00. The van der Waals surface area contributed by atoms with Crippen LogP contribution in [0.1, 0.15) is 0 Å². The quantitative estimate of drug-likeness (QED) is 0.229. The highest BCUT2D eigenvalue weighted by Gasteiger charge is 2.16. The van der Waals surface area contributed by atoms with Crippen molar-refractivity contribution in [2.45, 2.75) is 0 Å². The Morgan fingerprint density at radius 1 is 0.324 bits per heavy atom. The number of fused-ring (bicyclic) bond motifs is 9. The van der Waals surface area contributed by atoms with Crippen molar-refractivity contribution in [3.05, 3.63) is 133 Å². The molecule has 0 unspecified atom stereocenters. The van der Waals surface area contributed by atoms with Gasteiger partial charge in [0.05, 0.1) is 0 Å². The molecule has 1 aromatic heterocycles. The van der Waals surface area contributed by atoms with Gasteiger partial charge < -0.3 is 4.42 Å². The van der Waals surface area contributed by atoms with Crippen molar-refractivity contribution in [1.82, 2.24) is 0 Å². The predicted octanol–water partition coefficient (Wildman–Crippen LogP) is 10.4. The van der Waals surface area contributed by atoms with E-state index in [4.69, 9.17) is 4.42 Å². The first-order valence-corrected chi connectivity index (χ1v) is 12.7. The van der Waals surface area contributed by atoms with Gasteiger partial charge in [-0.25, -0.2) is 0 Å². The Bertz CT molecular complexity index is 2110. The van der Waals surface area contributed by atoms with E-state index in [1.54, 1.807) is 0 Å².